The van der Waals surface area contributed by atoms with E-state index in [4.69, 9.17) is 4.74 Å². The summed E-state index contributed by atoms with van der Waals surface area (Å²) in [6.45, 7) is 2.17. The molecule has 1 amide bonds. The molecule has 0 spiro atoms. The first-order valence-electron chi connectivity index (χ1n) is 9.74. The minimum absolute atomic E-state index is 0.00339. The van der Waals surface area contributed by atoms with Gasteiger partial charge >= 0.3 is 6.61 Å². The highest BCUT2D eigenvalue weighted by molar-refractivity contribution is 5.99. The van der Waals surface area contributed by atoms with Gasteiger partial charge in [0.15, 0.2) is 0 Å². The molecule has 1 N–H and O–H groups in total. The number of amides is 1. The van der Waals surface area contributed by atoms with E-state index in [1.54, 1.807) is 22.9 Å². The molecule has 1 atom stereocenters. The number of benzene rings is 1. The Balaban J connectivity index is 1.72. The second-order valence-corrected chi connectivity index (χ2v) is 7.42. The third-order valence-corrected chi connectivity index (χ3v) is 4.90. The van der Waals surface area contributed by atoms with Crippen LogP contribution in [0.4, 0.5) is 8.78 Å². The van der Waals surface area contributed by atoms with E-state index in [-0.39, 0.29) is 23.7 Å². The summed E-state index contributed by atoms with van der Waals surface area (Å²) < 4.78 is 36.7. The molecule has 3 aromatic rings. The van der Waals surface area contributed by atoms with Crippen LogP contribution in [0.2, 0.25) is 0 Å². The van der Waals surface area contributed by atoms with Gasteiger partial charge in [-0.05, 0) is 38.5 Å². The number of pyridine rings is 1. The van der Waals surface area contributed by atoms with Crippen molar-refractivity contribution in [2.75, 3.05) is 13.2 Å². The van der Waals surface area contributed by atoms with Gasteiger partial charge in [0.1, 0.15) is 17.0 Å². The van der Waals surface area contributed by atoms with Gasteiger partial charge in [0.2, 0.25) is 0 Å². The Kier molecular flexibility index (Phi) is 5.63. The molecule has 3 heterocycles. The van der Waals surface area contributed by atoms with Gasteiger partial charge in [0, 0.05) is 24.4 Å². The van der Waals surface area contributed by atoms with Crippen LogP contribution in [-0.4, -0.2) is 46.5 Å². The molecule has 0 saturated carbocycles. The molecule has 4 rings (SSSR count). The first kappa shape index (κ1) is 20.2. The zero-order valence-electron chi connectivity index (χ0n) is 16.6. The predicted octanol–water partition coefficient (Wildman–Crippen LogP) is 3.80. The van der Waals surface area contributed by atoms with Crippen LogP contribution in [0.25, 0.3) is 22.3 Å². The molecule has 158 valence electrons. The fraction of sp³-hybridized carbons (Fsp3) is 0.381. The van der Waals surface area contributed by atoms with E-state index in [1.165, 1.54) is 18.3 Å². The molecule has 1 aliphatic rings. The highest BCUT2D eigenvalue weighted by atomic mass is 19.3. The number of rotatable bonds is 6. The average Bonchev–Trinajstić information content (AvgIpc) is 3.34. The molecular formula is C21H22F2N4O3. The smallest absolute Gasteiger partial charge is 0.387 e. The number of fused-ring (bicyclic) bond motifs is 1. The van der Waals surface area contributed by atoms with Gasteiger partial charge < -0.3 is 14.8 Å². The summed E-state index contributed by atoms with van der Waals surface area (Å²) in [5, 5.41) is 7.59. The van der Waals surface area contributed by atoms with E-state index in [0.717, 1.165) is 6.42 Å². The van der Waals surface area contributed by atoms with E-state index < -0.39 is 6.61 Å². The third kappa shape index (κ3) is 4.11. The SMILES string of the molecule is CC(C)n1nc(-c2cccc(OC(F)F)c2)c2ncc(C(=O)NC3CCOC3)cc21. The van der Waals surface area contributed by atoms with E-state index in [2.05, 4.69) is 20.1 Å². The highest BCUT2D eigenvalue weighted by Crippen LogP contribution is 2.31. The lowest BCUT2D eigenvalue weighted by Gasteiger charge is -2.11. The van der Waals surface area contributed by atoms with Gasteiger partial charge in [-0.15, -0.1) is 0 Å². The standard InChI is InChI=1S/C21H22F2N4O3/c1-12(2)27-17-9-14(20(28)25-15-6-7-29-11-15)10-24-19(17)18(26-27)13-4-3-5-16(8-13)30-21(22)23/h3-5,8-10,12,15,21H,6-7,11H2,1-2H3,(H,25,28). The monoisotopic (exact) mass is 416 g/mol. The Morgan fingerprint density at radius 1 is 1.33 bits per heavy atom. The maximum atomic E-state index is 12.6. The van der Waals surface area contributed by atoms with Gasteiger partial charge in [-0.1, -0.05) is 12.1 Å². The summed E-state index contributed by atoms with van der Waals surface area (Å²) >= 11 is 0. The van der Waals surface area contributed by atoms with Crippen molar-refractivity contribution in [3.05, 3.63) is 42.1 Å². The molecule has 1 aliphatic heterocycles. The molecule has 9 heteroatoms. The number of alkyl halides is 2. The van der Waals surface area contributed by atoms with Crippen LogP contribution in [0, 0.1) is 0 Å². The molecule has 30 heavy (non-hydrogen) atoms. The van der Waals surface area contributed by atoms with Crippen LogP contribution in [0.1, 0.15) is 36.7 Å². The number of aromatic nitrogens is 3. The van der Waals surface area contributed by atoms with Crippen molar-refractivity contribution in [3.8, 4) is 17.0 Å². The Labute approximate surface area is 172 Å². The first-order chi connectivity index (χ1) is 14.4. The van der Waals surface area contributed by atoms with Gasteiger partial charge in [-0.3, -0.25) is 14.5 Å². The Morgan fingerprint density at radius 3 is 2.87 bits per heavy atom. The molecule has 1 aromatic carbocycles. The number of nitrogens with one attached hydrogen (secondary N) is 1. The molecule has 7 nitrogen and oxygen atoms in total. The van der Waals surface area contributed by atoms with Crippen molar-refractivity contribution in [3.63, 3.8) is 0 Å². The summed E-state index contributed by atoms with van der Waals surface area (Å²) in [4.78, 5) is 17.1. The largest absolute Gasteiger partial charge is 0.435 e. The fourth-order valence-electron chi connectivity index (χ4n) is 3.47. The number of hydrogen-bond acceptors (Lipinski definition) is 5. The van der Waals surface area contributed by atoms with Crippen LogP contribution in [-0.2, 0) is 4.74 Å². The summed E-state index contributed by atoms with van der Waals surface area (Å²) in [5.41, 5.74) is 2.84. The van der Waals surface area contributed by atoms with Crippen LogP contribution in [0.3, 0.4) is 0 Å². The van der Waals surface area contributed by atoms with Crippen molar-refractivity contribution >= 4 is 16.9 Å². The lowest BCUT2D eigenvalue weighted by molar-refractivity contribution is -0.0498. The van der Waals surface area contributed by atoms with E-state index >= 15 is 0 Å². The Bertz CT molecular complexity index is 1060. The normalized spacial score (nSPS) is 16.5. The van der Waals surface area contributed by atoms with Crippen molar-refractivity contribution in [1.82, 2.24) is 20.1 Å². The number of carbonyl (C=O) groups is 1. The molecule has 1 unspecified atom stereocenters. The second-order valence-electron chi connectivity index (χ2n) is 7.42. The van der Waals surface area contributed by atoms with Gasteiger partial charge in [-0.2, -0.15) is 13.9 Å². The van der Waals surface area contributed by atoms with Gasteiger partial charge in [0.25, 0.3) is 5.91 Å². The lowest BCUT2D eigenvalue weighted by atomic mass is 10.1. The number of ether oxygens (including phenoxy) is 2. The van der Waals surface area contributed by atoms with E-state index in [9.17, 15) is 13.6 Å². The Morgan fingerprint density at radius 2 is 2.17 bits per heavy atom. The molecule has 0 bridgehead atoms. The highest BCUT2D eigenvalue weighted by Gasteiger charge is 2.21. The van der Waals surface area contributed by atoms with Crippen LogP contribution in [0.15, 0.2) is 36.5 Å². The minimum atomic E-state index is -2.91. The topological polar surface area (TPSA) is 78.3 Å². The summed E-state index contributed by atoms with van der Waals surface area (Å²) in [6, 6.07) is 8.09. The van der Waals surface area contributed by atoms with E-state index in [1.807, 2.05) is 13.8 Å². The van der Waals surface area contributed by atoms with Crippen molar-refractivity contribution in [2.45, 2.75) is 39.0 Å². The summed E-state index contributed by atoms with van der Waals surface area (Å²) in [5.74, 6) is -0.171. The molecule has 1 fully saturated rings. The van der Waals surface area contributed by atoms with E-state index in [0.29, 0.717) is 41.1 Å². The van der Waals surface area contributed by atoms with Crippen molar-refractivity contribution in [1.29, 1.82) is 0 Å². The first-order valence-corrected chi connectivity index (χ1v) is 9.74. The average molecular weight is 416 g/mol. The fourth-order valence-corrected chi connectivity index (χ4v) is 3.47. The molecule has 0 aliphatic carbocycles. The lowest BCUT2D eigenvalue weighted by Crippen LogP contribution is -2.35. The maximum absolute atomic E-state index is 12.6. The summed E-state index contributed by atoms with van der Waals surface area (Å²) in [7, 11) is 0. The van der Waals surface area contributed by atoms with Gasteiger partial charge in [0.05, 0.1) is 23.7 Å². The number of carbonyl (C=O) groups excluding carboxylic acids is 1. The number of hydrogen-bond donors (Lipinski definition) is 1. The van der Waals surface area contributed by atoms with Crippen LogP contribution in [0.5, 0.6) is 5.75 Å². The molecular weight excluding hydrogens is 394 g/mol. The number of nitrogens with zero attached hydrogens (tertiary/aromatic N) is 3. The quantitative estimate of drug-likeness (QED) is 0.661. The Hall–Kier alpha value is -3.07. The maximum Gasteiger partial charge on any atom is 0.387 e. The molecule has 1 saturated heterocycles. The van der Waals surface area contributed by atoms with Crippen molar-refractivity contribution in [2.24, 2.45) is 0 Å². The summed E-state index contributed by atoms with van der Waals surface area (Å²) in [6.07, 6.45) is 2.29. The molecule has 2 aromatic heterocycles. The zero-order chi connectivity index (χ0) is 21.3. The van der Waals surface area contributed by atoms with Crippen LogP contribution < -0.4 is 10.1 Å². The number of halogens is 2. The molecule has 0 radical (unpaired) electrons. The van der Waals surface area contributed by atoms with Crippen LogP contribution >= 0.6 is 0 Å². The van der Waals surface area contributed by atoms with Gasteiger partial charge in [-0.25, -0.2) is 0 Å². The third-order valence-electron chi connectivity index (χ3n) is 4.90. The second kappa shape index (κ2) is 8.35. The van der Waals surface area contributed by atoms with Crippen molar-refractivity contribution < 1.29 is 23.0 Å². The zero-order valence-corrected chi connectivity index (χ0v) is 16.6. The minimum Gasteiger partial charge on any atom is -0.435 e. The predicted molar refractivity (Wildman–Crippen MR) is 107 cm³/mol.